The molecule has 0 aliphatic carbocycles. The summed E-state index contributed by atoms with van der Waals surface area (Å²) >= 11 is 0. The Balaban J connectivity index is 1.56. The lowest BCUT2D eigenvalue weighted by Gasteiger charge is -2.35. The highest BCUT2D eigenvalue weighted by molar-refractivity contribution is 5.40. The Kier molecular flexibility index (Phi) is 5.63. The summed E-state index contributed by atoms with van der Waals surface area (Å²) in [5.74, 6) is 1.96. The lowest BCUT2D eigenvalue weighted by Crippen LogP contribution is -2.43. The van der Waals surface area contributed by atoms with Gasteiger partial charge >= 0.3 is 0 Å². The molecule has 3 heterocycles. The van der Waals surface area contributed by atoms with Crippen LogP contribution in [0.3, 0.4) is 0 Å². The van der Waals surface area contributed by atoms with Gasteiger partial charge in [0.25, 0.3) is 0 Å². The van der Waals surface area contributed by atoms with Gasteiger partial charge < -0.3 is 19.9 Å². The molecule has 2 atom stereocenters. The number of hydrogen-bond donors (Lipinski definition) is 2. The lowest BCUT2D eigenvalue weighted by molar-refractivity contribution is -0.0203. The van der Waals surface area contributed by atoms with Crippen LogP contribution in [0, 0.1) is 5.92 Å². The molecule has 0 radical (unpaired) electrons. The van der Waals surface area contributed by atoms with Gasteiger partial charge in [0.2, 0.25) is 5.95 Å². The number of hydrogen-bond acceptors (Lipinski definition) is 6. The molecule has 0 spiro atoms. The van der Waals surface area contributed by atoms with Crippen molar-refractivity contribution in [2.24, 2.45) is 5.92 Å². The summed E-state index contributed by atoms with van der Waals surface area (Å²) in [4.78, 5) is 12.9. The number of nitrogens with one attached hydrogen (secondary N) is 2. The normalized spacial score (nSPS) is 21.0. The number of anilines is 2. The number of rotatable bonds is 7. The third kappa shape index (κ3) is 4.44. The molecule has 7 heteroatoms. The first-order chi connectivity index (χ1) is 11.7. The van der Waals surface area contributed by atoms with Crippen LogP contribution in [0.15, 0.2) is 31.0 Å². The van der Waals surface area contributed by atoms with Gasteiger partial charge in [0, 0.05) is 38.3 Å². The first-order valence-electron chi connectivity index (χ1n) is 8.63. The second-order valence-corrected chi connectivity index (χ2v) is 6.47. The smallest absolute Gasteiger partial charge is 0.224 e. The zero-order valence-electron chi connectivity index (χ0n) is 14.4. The summed E-state index contributed by atoms with van der Waals surface area (Å²) in [6, 6.07) is 2.21. The van der Waals surface area contributed by atoms with Crippen molar-refractivity contribution in [3.8, 4) is 0 Å². The summed E-state index contributed by atoms with van der Waals surface area (Å²) < 4.78 is 7.95. The molecule has 3 rings (SSSR count). The standard InChI is InChI=1S/C17H26N6O/c1-13(2)16-14(4-3-11-24-16)21-15-5-6-19-17(22-15)20-8-10-23-9-7-18-12-23/h5-7,9,12-14,16H,3-4,8,10-11H2,1-2H3,(H2,19,20,21,22). The zero-order valence-corrected chi connectivity index (χ0v) is 14.4. The van der Waals surface area contributed by atoms with Crippen LogP contribution in [-0.2, 0) is 11.3 Å². The molecule has 2 unspecified atom stereocenters. The second kappa shape index (κ2) is 8.10. The largest absolute Gasteiger partial charge is 0.376 e. The van der Waals surface area contributed by atoms with E-state index >= 15 is 0 Å². The van der Waals surface area contributed by atoms with Crippen LogP contribution in [0.1, 0.15) is 26.7 Å². The molecule has 0 amide bonds. The predicted octanol–water partition coefficient (Wildman–Crippen LogP) is 2.40. The van der Waals surface area contributed by atoms with Gasteiger partial charge in [-0.2, -0.15) is 4.98 Å². The monoisotopic (exact) mass is 330 g/mol. The van der Waals surface area contributed by atoms with Gasteiger partial charge in [0.05, 0.1) is 18.5 Å². The fourth-order valence-corrected chi connectivity index (χ4v) is 3.04. The van der Waals surface area contributed by atoms with Crippen LogP contribution in [0.2, 0.25) is 0 Å². The summed E-state index contributed by atoms with van der Waals surface area (Å²) in [6.07, 6.45) is 9.72. The van der Waals surface area contributed by atoms with Crippen LogP contribution in [-0.4, -0.2) is 44.8 Å². The van der Waals surface area contributed by atoms with E-state index in [9.17, 15) is 0 Å². The Morgan fingerprint density at radius 2 is 2.29 bits per heavy atom. The van der Waals surface area contributed by atoms with Crippen LogP contribution in [0.5, 0.6) is 0 Å². The molecule has 0 aromatic carbocycles. The summed E-state index contributed by atoms with van der Waals surface area (Å²) in [5.41, 5.74) is 0. The molecule has 130 valence electrons. The third-order valence-corrected chi connectivity index (χ3v) is 4.22. The van der Waals surface area contributed by atoms with Gasteiger partial charge in [-0.05, 0) is 24.8 Å². The molecule has 1 aliphatic rings. The molecule has 1 fully saturated rings. The van der Waals surface area contributed by atoms with E-state index in [0.29, 0.717) is 17.9 Å². The Bertz CT molecular complexity index is 615. The van der Waals surface area contributed by atoms with E-state index in [1.807, 2.05) is 16.8 Å². The van der Waals surface area contributed by atoms with E-state index in [2.05, 4.69) is 39.4 Å². The van der Waals surface area contributed by atoms with Crippen molar-refractivity contribution in [3.05, 3.63) is 31.0 Å². The molecular formula is C17H26N6O. The van der Waals surface area contributed by atoms with Crippen molar-refractivity contribution < 1.29 is 4.74 Å². The van der Waals surface area contributed by atoms with Crippen molar-refractivity contribution in [3.63, 3.8) is 0 Å². The summed E-state index contributed by atoms with van der Waals surface area (Å²) in [7, 11) is 0. The van der Waals surface area contributed by atoms with Crippen molar-refractivity contribution in [2.45, 2.75) is 45.4 Å². The molecular weight excluding hydrogens is 304 g/mol. The Morgan fingerprint density at radius 1 is 1.38 bits per heavy atom. The lowest BCUT2D eigenvalue weighted by atomic mass is 9.94. The maximum absolute atomic E-state index is 5.93. The van der Waals surface area contributed by atoms with Gasteiger partial charge in [-0.25, -0.2) is 9.97 Å². The maximum atomic E-state index is 5.93. The van der Waals surface area contributed by atoms with Crippen LogP contribution in [0.4, 0.5) is 11.8 Å². The second-order valence-electron chi connectivity index (χ2n) is 6.47. The summed E-state index contributed by atoms with van der Waals surface area (Å²) in [6.45, 7) is 6.83. The van der Waals surface area contributed by atoms with E-state index < -0.39 is 0 Å². The zero-order chi connectivity index (χ0) is 16.8. The van der Waals surface area contributed by atoms with Crippen molar-refractivity contribution in [1.82, 2.24) is 19.5 Å². The molecule has 0 bridgehead atoms. The third-order valence-electron chi connectivity index (χ3n) is 4.22. The summed E-state index contributed by atoms with van der Waals surface area (Å²) in [5, 5.41) is 6.78. The number of aromatic nitrogens is 4. The number of ether oxygens (including phenoxy) is 1. The molecule has 7 nitrogen and oxygen atoms in total. The molecule has 2 aromatic heterocycles. The molecule has 24 heavy (non-hydrogen) atoms. The minimum atomic E-state index is 0.228. The van der Waals surface area contributed by atoms with Crippen LogP contribution < -0.4 is 10.6 Å². The Hall–Kier alpha value is -2.15. The first kappa shape index (κ1) is 16.7. The van der Waals surface area contributed by atoms with Gasteiger partial charge in [-0.3, -0.25) is 0 Å². The Labute approximate surface area is 142 Å². The van der Waals surface area contributed by atoms with Gasteiger partial charge in [0.15, 0.2) is 0 Å². The van der Waals surface area contributed by atoms with E-state index in [1.54, 1.807) is 18.7 Å². The van der Waals surface area contributed by atoms with Crippen LogP contribution in [0.25, 0.3) is 0 Å². The molecule has 1 aliphatic heterocycles. The highest BCUT2D eigenvalue weighted by Crippen LogP contribution is 2.23. The van der Waals surface area contributed by atoms with Crippen LogP contribution >= 0.6 is 0 Å². The van der Waals surface area contributed by atoms with Crippen molar-refractivity contribution in [1.29, 1.82) is 0 Å². The molecule has 2 aromatic rings. The quantitative estimate of drug-likeness (QED) is 0.812. The van der Waals surface area contributed by atoms with Gasteiger partial charge in [-0.1, -0.05) is 13.8 Å². The highest BCUT2D eigenvalue weighted by atomic mass is 16.5. The highest BCUT2D eigenvalue weighted by Gasteiger charge is 2.28. The topological polar surface area (TPSA) is 76.9 Å². The SMILES string of the molecule is CC(C)C1OCCCC1Nc1ccnc(NCCn2ccnc2)n1. The predicted molar refractivity (Wildman–Crippen MR) is 94.0 cm³/mol. The number of imidazole rings is 1. The molecule has 0 saturated carbocycles. The fourth-order valence-electron chi connectivity index (χ4n) is 3.04. The molecule has 2 N–H and O–H groups in total. The van der Waals surface area contributed by atoms with Gasteiger partial charge in [-0.15, -0.1) is 0 Å². The van der Waals surface area contributed by atoms with Gasteiger partial charge in [0.1, 0.15) is 5.82 Å². The van der Waals surface area contributed by atoms with E-state index in [-0.39, 0.29) is 6.10 Å². The Morgan fingerprint density at radius 3 is 3.08 bits per heavy atom. The average Bonchev–Trinajstić information content (AvgIpc) is 3.09. The van der Waals surface area contributed by atoms with E-state index in [1.165, 1.54) is 0 Å². The fraction of sp³-hybridized carbons (Fsp3) is 0.588. The number of nitrogens with zero attached hydrogens (tertiary/aromatic N) is 4. The average molecular weight is 330 g/mol. The maximum Gasteiger partial charge on any atom is 0.224 e. The van der Waals surface area contributed by atoms with E-state index in [4.69, 9.17) is 4.74 Å². The first-order valence-corrected chi connectivity index (χ1v) is 8.63. The van der Waals surface area contributed by atoms with E-state index in [0.717, 1.165) is 38.4 Å². The minimum Gasteiger partial charge on any atom is -0.376 e. The molecule has 1 saturated heterocycles. The van der Waals surface area contributed by atoms with Crippen molar-refractivity contribution >= 4 is 11.8 Å². The van der Waals surface area contributed by atoms with Crippen molar-refractivity contribution in [2.75, 3.05) is 23.8 Å². The minimum absolute atomic E-state index is 0.228.